The average Bonchev–Trinajstić information content (AvgIpc) is 2.47. The van der Waals surface area contributed by atoms with Crippen LogP contribution in [-0.2, 0) is 9.59 Å². The van der Waals surface area contributed by atoms with E-state index < -0.39 is 11.7 Å². The Balaban J connectivity index is 0.00000191. The number of carbonyl (C=O) groups is 2. The van der Waals surface area contributed by atoms with Crippen molar-refractivity contribution in [3.8, 4) is 6.07 Å². The highest BCUT2D eigenvalue weighted by Gasteiger charge is 2.12. The highest BCUT2D eigenvalue weighted by atomic mass is 19.1. The molecule has 2 amide bonds. The number of anilines is 1. The molecule has 0 radical (unpaired) electrons. The van der Waals surface area contributed by atoms with E-state index in [0.29, 0.717) is 17.5 Å². The number of aryl methyl sites for hydroxylation is 1. The number of imide groups is 1. The molecule has 0 heterocycles. The van der Waals surface area contributed by atoms with Gasteiger partial charge in [0.25, 0.3) is 0 Å². The van der Waals surface area contributed by atoms with Crippen LogP contribution in [0.15, 0.2) is 12.1 Å². The van der Waals surface area contributed by atoms with E-state index in [2.05, 4.69) is 0 Å². The fourth-order valence-corrected chi connectivity index (χ4v) is 1.60. The number of nitrogens with one attached hydrogen (secondary N) is 1. The number of benzene rings is 1. The lowest BCUT2D eigenvalue weighted by Gasteiger charge is -2.20. The SMILES string of the molecule is CC.Cc1cc(F)c(N(C)CCC(=O)NC=O)cc1C#N. The van der Waals surface area contributed by atoms with E-state index in [4.69, 9.17) is 5.26 Å². The first-order chi connectivity index (χ1) is 9.99. The van der Waals surface area contributed by atoms with Crippen LogP contribution in [-0.4, -0.2) is 25.9 Å². The highest BCUT2D eigenvalue weighted by Crippen LogP contribution is 2.22. The first-order valence-electron chi connectivity index (χ1n) is 6.64. The summed E-state index contributed by atoms with van der Waals surface area (Å²) >= 11 is 0. The van der Waals surface area contributed by atoms with Crippen LogP contribution in [0, 0.1) is 24.1 Å². The molecular weight excluding hydrogens is 273 g/mol. The fourth-order valence-electron chi connectivity index (χ4n) is 1.60. The number of nitrogens with zero attached hydrogens (tertiary/aromatic N) is 2. The smallest absolute Gasteiger partial charge is 0.228 e. The molecule has 0 unspecified atom stereocenters. The van der Waals surface area contributed by atoms with E-state index in [0.717, 1.165) is 0 Å². The normalized spacial score (nSPS) is 8.95. The number of nitriles is 1. The third-order valence-electron chi connectivity index (χ3n) is 2.72. The third-order valence-corrected chi connectivity index (χ3v) is 2.72. The minimum Gasteiger partial charge on any atom is -0.372 e. The van der Waals surface area contributed by atoms with Gasteiger partial charge in [-0.25, -0.2) is 4.39 Å². The number of amides is 2. The average molecular weight is 293 g/mol. The molecule has 0 aliphatic heterocycles. The Bertz CT molecular complexity index is 538. The van der Waals surface area contributed by atoms with Crippen LogP contribution < -0.4 is 10.2 Å². The second-order valence-electron chi connectivity index (χ2n) is 4.09. The van der Waals surface area contributed by atoms with Gasteiger partial charge in [-0.2, -0.15) is 5.26 Å². The summed E-state index contributed by atoms with van der Waals surface area (Å²) in [6.45, 7) is 5.90. The van der Waals surface area contributed by atoms with Crippen LogP contribution in [0.1, 0.15) is 31.4 Å². The Morgan fingerprint density at radius 2 is 2.10 bits per heavy atom. The van der Waals surface area contributed by atoms with Crippen LogP contribution in [0.2, 0.25) is 0 Å². The molecular formula is C15H20FN3O2. The summed E-state index contributed by atoms with van der Waals surface area (Å²) in [7, 11) is 1.61. The van der Waals surface area contributed by atoms with Crippen molar-refractivity contribution in [1.29, 1.82) is 5.26 Å². The zero-order chi connectivity index (χ0) is 16.4. The van der Waals surface area contributed by atoms with Crippen LogP contribution in [0.25, 0.3) is 0 Å². The fraction of sp³-hybridized carbons (Fsp3) is 0.400. The Kier molecular flexibility index (Phi) is 8.39. The molecule has 0 saturated heterocycles. The molecule has 1 rings (SSSR count). The van der Waals surface area contributed by atoms with Gasteiger partial charge in [-0.15, -0.1) is 0 Å². The molecule has 21 heavy (non-hydrogen) atoms. The molecule has 0 spiro atoms. The van der Waals surface area contributed by atoms with Crippen molar-refractivity contribution in [3.63, 3.8) is 0 Å². The number of rotatable bonds is 5. The molecule has 0 aromatic heterocycles. The second kappa shape index (κ2) is 9.48. The summed E-state index contributed by atoms with van der Waals surface area (Å²) in [5.74, 6) is -0.885. The summed E-state index contributed by atoms with van der Waals surface area (Å²) in [4.78, 5) is 22.7. The van der Waals surface area contributed by atoms with Crippen molar-refractivity contribution in [1.82, 2.24) is 5.32 Å². The van der Waals surface area contributed by atoms with Gasteiger partial charge in [0, 0.05) is 20.0 Å². The van der Waals surface area contributed by atoms with E-state index in [1.165, 1.54) is 17.0 Å². The minimum atomic E-state index is -0.449. The minimum absolute atomic E-state index is 0.0600. The maximum atomic E-state index is 13.8. The van der Waals surface area contributed by atoms with Gasteiger partial charge in [-0.3, -0.25) is 14.9 Å². The summed E-state index contributed by atoms with van der Waals surface area (Å²) in [5.41, 5.74) is 1.21. The third kappa shape index (κ3) is 5.61. The van der Waals surface area contributed by atoms with Crippen molar-refractivity contribution in [2.75, 3.05) is 18.5 Å². The summed E-state index contributed by atoms with van der Waals surface area (Å²) < 4.78 is 13.8. The molecule has 0 atom stereocenters. The Morgan fingerprint density at radius 1 is 1.48 bits per heavy atom. The predicted octanol–water partition coefficient (Wildman–Crippen LogP) is 2.13. The van der Waals surface area contributed by atoms with Crippen LogP contribution >= 0.6 is 0 Å². The van der Waals surface area contributed by atoms with E-state index in [1.807, 2.05) is 25.2 Å². The van der Waals surface area contributed by atoms with Crippen molar-refractivity contribution in [2.24, 2.45) is 0 Å². The molecule has 1 N–H and O–H groups in total. The molecule has 0 aliphatic carbocycles. The van der Waals surface area contributed by atoms with Gasteiger partial charge in [0.2, 0.25) is 12.3 Å². The van der Waals surface area contributed by atoms with Gasteiger partial charge >= 0.3 is 0 Å². The molecule has 1 aromatic carbocycles. The van der Waals surface area contributed by atoms with E-state index >= 15 is 0 Å². The first-order valence-corrected chi connectivity index (χ1v) is 6.64. The van der Waals surface area contributed by atoms with E-state index in [9.17, 15) is 14.0 Å². The lowest BCUT2D eigenvalue weighted by Crippen LogP contribution is -2.28. The second-order valence-corrected chi connectivity index (χ2v) is 4.09. The lowest BCUT2D eigenvalue weighted by atomic mass is 10.1. The first kappa shape index (κ1) is 18.6. The largest absolute Gasteiger partial charge is 0.372 e. The molecule has 5 nitrogen and oxygen atoms in total. The molecule has 0 aliphatic rings. The molecule has 0 bridgehead atoms. The van der Waals surface area contributed by atoms with Crippen molar-refractivity contribution in [2.45, 2.75) is 27.2 Å². The summed E-state index contributed by atoms with van der Waals surface area (Å²) in [5, 5.41) is 10.9. The number of halogens is 1. The topological polar surface area (TPSA) is 73.2 Å². The van der Waals surface area contributed by atoms with Crippen molar-refractivity contribution < 1.29 is 14.0 Å². The Morgan fingerprint density at radius 3 is 2.62 bits per heavy atom. The van der Waals surface area contributed by atoms with Crippen molar-refractivity contribution in [3.05, 3.63) is 29.1 Å². The van der Waals surface area contributed by atoms with E-state index in [-0.39, 0.29) is 18.7 Å². The monoisotopic (exact) mass is 293 g/mol. The Hall–Kier alpha value is -2.42. The van der Waals surface area contributed by atoms with Gasteiger partial charge in [-0.05, 0) is 24.6 Å². The zero-order valence-electron chi connectivity index (χ0n) is 12.7. The van der Waals surface area contributed by atoms with Crippen LogP contribution in [0.4, 0.5) is 10.1 Å². The Labute approximate surface area is 124 Å². The molecule has 6 heteroatoms. The highest BCUT2D eigenvalue weighted by molar-refractivity contribution is 5.86. The molecule has 114 valence electrons. The van der Waals surface area contributed by atoms with Crippen LogP contribution in [0.5, 0.6) is 0 Å². The quantitative estimate of drug-likeness (QED) is 0.844. The lowest BCUT2D eigenvalue weighted by molar-refractivity contribution is -0.125. The van der Waals surface area contributed by atoms with Crippen LogP contribution in [0.3, 0.4) is 0 Å². The van der Waals surface area contributed by atoms with Gasteiger partial charge in [-0.1, -0.05) is 13.8 Å². The van der Waals surface area contributed by atoms with Gasteiger partial charge in [0.05, 0.1) is 17.3 Å². The van der Waals surface area contributed by atoms with Crippen molar-refractivity contribution >= 4 is 18.0 Å². The summed E-state index contributed by atoms with van der Waals surface area (Å²) in [6, 6.07) is 4.72. The predicted molar refractivity (Wildman–Crippen MR) is 79.3 cm³/mol. The molecule has 0 fully saturated rings. The standard InChI is InChI=1S/C13H14FN3O2.C2H6/c1-9-5-11(14)12(6-10(9)7-15)17(2)4-3-13(19)16-8-18;1-2/h5-6,8H,3-4H2,1-2H3,(H,16,18,19);1-2H3. The molecule has 1 aromatic rings. The van der Waals surface area contributed by atoms with E-state index in [1.54, 1.807) is 14.0 Å². The maximum Gasteiger partial charge on any atom is 0.228 e. The van der Waals surface area contributed by atoms with Gasteiger partial charge in [0.15, 0.2) is 0 Å². The number of carbonyl (C=O) groups excluding carboxylic acids is 2. The number of hydrogen-bond donors (Lipinski definition) is 1. The van der Waals surface area contributed by atoms with Gasteiger partial charge in [0.1, 0.15) is 5.82 Å². The van der Waals surface area contributed by atoms with Gasteiger partial charge < -0.3 is 4.90 Å². The number of hydrogen-bond acceptors (Lipinski definition) is 4. The molecule has 0 saturated carbocycles. The summed E-state index contributed by atoms with van der Waals surface area (Å²) in [6.07, 6.45) is 0.368. The zero-order valence-corrected chi connectivity index (χ0v) is 12.7. The maximum absolute atomic E-state index is 13.8.